The van der Waals surface area contributed by atoms with E-state index in [9.17, 15) is 4.79 Å². The standard InChI is InChI=1S/C11H15N3O/c1-6-7(2)14-11(15)8-4-3-5-9(12)10(8)13-6/h3-7,13H,12H2,1-2H3,(H,14,15). The van der Waals surface area contributed by atoms with E-state index in [0.717, 1.165) is 5.69 Å². The number of carbonyl (C=O) groups is 1. The predicted molar refractivity (Wildman–Crippen MR) is 60.9 cm³/mol. The average molecular weight is 205 g/mol. The third kappa shape index (κ3) is 1.63. The van der Waals surface area contributed by atoms with Crippen LogP contribution in [0.25, 0.3) is 0 Å². The normalized spacial score (nSPS) is 24.8. The third-order valence-corrected chi connectivity index (χ3v) is 2.82. The van der Waals surface area contributed by atoms with Crippen LogP contribution in [0.1, 0.15) is 24.2 Å². The Hall–Kier alpha value is -1.71. The Balaban J connectivity index is 2.51. The highest BCUT2D eigenvalue weighted by atomic mass is 16.1. The molecule has 2 rings (SSSR count). The number of para-hydroxylation sites is 1. The van der Waals surface area contributed by atoms with Gasteiger partial charge in [0, 0.05) is 12.1 Å². The lowest BCUT2D eigenvalue weighted by molar-refractivity contribution is 0.0941. The summed E-state index contributed by atoms with van der Waals surface area (Å²) in [5, 5.41) is 6.18. The van der Waals surface area contributed by atoms with E-state index in [4.69, 9.17) is 5.73 Å². The zero-order valence-corrected chi connectivity index (χ0v) is 8.87. The molecule has 0 spiro atoms. The van der Waals surface area contributed by atoms with Crippen LogP contribution in [-0.4, -0.2) is 18.0 Å². The first kappa shape index (κ1) is 9.83. The van der Waals surface area contributed by atoms with Crippen LogP contribution in [0.15, 0.2) is 18.2 Å². The maximum Gasteiger partial charge on any atom is 0.253 e. The minimum absolute atomic E-state index is 0.0679. The molecular weight excluding hydrogens is 190 g/mol. The number of nitrogens with two attached hydrogens (primary N) is 1. The molecular formula is C11H15N3O. The van der Waals surface area contributed by atoms with Gasteiger partial charge in [-0.05, 0) is 26.0 Å². The third-order valence-electron chi connectivity index (χ3n) is 2.82. The molecule has 0 saturated carbocycles. The van der Waals surface area contributed by atoms with Crippen molar-refractivity contribution >= 4 is 17.3 Å². The number of hydrogen-bond acceptors (Lipinski definition) is 3. The van der Waals surface area contributed by atoms with Crippen LogP contribution in [0, 0.1) is 0 Å². The quantitative estimate of drug-likeness (QED) is 0.557. The van der Waals surface area contributed by atoms with Crippen LogP contribution < -0.4 is 16.4 Å². The predicted octanol–water partition coefficient (Wildman–Crippen LogP) is 1.20. The zero-order valence-electron chi connectivity index (χ0n) is 8.87. The number of nitrogens with one attached hydrogen (secondary N) is 2. The molecule has 1 aliphatic heterocycles. The van der Waals surface area contributed by atoms with Crippen molar-refractivity contribution in [2.75, 3.05) is 11.1 Å². The minimum Gasteiger partial charge on any atom is -0.397 e. The first-order valence-corrected chi connectivity index (χ1v) is 5.05. The number of amides is 1. The highest BCUT2D eigenvalue weighted by Crippen LogP contribution is 2.26. The summed E-state index contributed by atoms with van der Waals surface area (Å²) in [4.78, 5) is 11.8. The molecule has 2 unspecified atom stereocenters. The van der Waals surface area contributed by atoms with Gasteiger partial charge in [0.15, 0.2) is 0 Å². The fraction of sp³-hybridized carbons (Fsp3) is 0.364. The number of hydrogen-bond donors (Lipinski definition) is 3. The van der Waals surface area contributed by atoms with Crippen LogP contribution in [0.2, 0.25) is 0 Å². The number of nitrogen functional groups attached to an aromatic ring is 1. The molecule has 0 aliphatic carbocycles. The van der Waals surface area contributed by atoms with E-state index in [-0.39, 0.29) is 18.0 Å². The summed E-state index contributed by atoms with van der Waals surface area (Å²) < 4.78 is 0. The van der Waals surface area contributed by atoms with E-state index in [1.165, 1.54) is 0 Å². The van der Waals surface area contributed by atoms with Gasteiger partial charge in [-0.2, -0.15) is 0 Å². The number of benzene rings is 1. The maximum absolute atomic E-state index is 11.8. The average Bonchev–Trinajstić information content (AvgIpc) is 2.29. The molecule has 4 heteroatoms. The Bertz CT molecular complexity index is 403. The van der Waals surface area contributed by atoms with Crippen molar-refractivity contribution in [3.8, 4) is 0 Å². The Morgan fingerprint density at radius 2 is 1.87 bits per heavy atom. The number of carbonyl (C=O) groups excluding carboxylic acids is 1. The number of anilines is 2. The SMILES string of the molecule is CC1NC(=O)c2cccc(N)c2NC1C. The van der Waals surface area contributed by atoms with Crippen molar-refractivity contribution < 1.29 is 4.79 Å². The van der Waals surface area contributed by atoms with Crippen molar-refractivity contribution in [3.05, 3.63) is 23.8 Å². The van der Waals surface area contributed by atoms with E-state index in [1.807, 2.05) is 13.8 Å². The van der Waals surface area contributed by atoms with Gasteiger partial charge in [-0.3, -0.25) is 4.79 Å². The Morgan fingerprint density at radius 3 is 2.60 bits per heavy atom. The second-order valence-electron chi connectivity index (χ2n) is 3.96. The molecule has 1 amide bonds. The van der Waals surface area contributed by atoms with Gasteiger partial charge in [0.2, 0.25) is 0 Å². The van der Waals surface area contributed by atoms with E-state index >= 15 is 0 Å². The Morgan fingerprint density at radius 1 is 1.20 bits per heavy atom. The van der Waals surface area contributed by atoms with Crippen LogP contribution in [0.5, 0.6) is 0 Å². The highest BCUT2D eigenvalue weighted by Gasteiger charge is 2.24. The molecule has 1 aromatic carbocycles. The lowest BCUT2D eigenvalue weighted by Crippen LogP contribution is -2.40. The molecule has 1 heterocycles. The van der Waals surface area contributed by atoms with Gasteiger partial charge >= 0.3 is 0 Å². The van der Waals surface area contributed by atoms with Gasteiger partial charge in [0.1, 0.15) is 0 Å². The molecule has 1 aliphatic rings. The van der Waals surface area contributed by atoms with E-state index in [0.29, 0.717) is 11.3 Å². The summed E-state index contributed by atoms with van der Waals surface area (Å²) in [6.45, 7) is 3.99. The Kier molecular flexibility index (Phi) is 2.26. The topological polar surface area (TPSA) is 67.2 Å². The molecule has 0 fully saturated rings. The molecule has 4 nitrogen and oxygen atoms in total. The molecule has 0 bridgehead atoms. The second-order valence-corrected chi connectivity index (χ2v) is 3.96. The fourth-order valence-electron chi connectivity index (χ4n) is 1.68. The smallest absolute Gasteiger partial charge is 0.253 e. The van der Waals surface area contributed by atoms with Crippen LogP contribution in [-0.2, 0) is 0 Å². The van der Waals surface area contributed by atoms with E-state index in [1.54, 1.807) is 18.2 Å². The fourth-order valence-corrected chi connectivity index (χ4v) is 1.68. The van der Waals surface area contributed by atoms with Crippen molar-refractivity contribution in [2.24, 2.45) is 0 Å². The summed E-state index contributed by atoms with van der Waals surface area (Å²) in [5.41, 5.74) is 7.81. The summed E-state index contributed by atoms with van der Waals surface area (Å²) >= 11 is 0. The molecule has 4 N–H and O–H groups in total. The lowest BCUT2D eigenvalue weighted by Gasteiger charge is -2.19. The zero-order chi connectivity index (χ0) is 11.0. The highest BCUT2D eigenvalue weighted by molar-refractivity contribution is 6.03. The van der Waals surface area contributed by atoms with Crippen LogP contribution >= 0.6 is 0 Å². The van der Waals surface area contributed by atoms with Gasteiger partial charge in [-0.1, -0.05) is 6.07 Å². The summed E-state index contributed by atoms with van der Waals surface area (Å²) in [6.07, 6.45) is 0. The van der Waals surface area contributed by atoms with Gasteiger partial charge in [-0.25, -0.2) is 0 Å². The van der Waals surface area contributed by atoms with Gasteiger partial charge in [-0.15, -0.1) is 0 Å². The first-order valence-electron chi connectivity index (χ1n) is 5.05. The molecule has 0 saturated heterocycles. The molecule has 2 atom stereocenters. The largest absolute Gasteiger partial charge is 0.397 e. The molecule has 15 heavy (non-hydrogen) atoms. The van der Waals surface area contributed by atoms with Gasteiger partial charge in [0.25, 0.3) is 5.91 Å². The second kappa shape index (κ2) is 3.46. The van der Waals surface area contributed by atoms with Gasteiger partial charge in [0.05, 0.1) is 16.9 Å². The Labute approximate surface area is 88.9 Å². The summed E-state index contributed by atoms with van der Waals surface area (Å²) in [7, 11) is 0. The van der Waals surface area contributed by atoms with Gasteiger partial charge < -0.3 is 16.4 Å². The minimum atomic E-state index is -0.0679. The molecule has 0 aromatic heterocycles. The number of rotatable bonds is 0. The molecule has 80 valence electrons. The first-order chi connectivity index (χ1) is 7.09. The molecule has 0 radical (unpaired) electrons. The van der Waals surface area contributed by atoms with Crippen molar-refractivity contribution in [1.82, 2.24) is 5.32 Å². The summed E-state index contributed by atoms with van der Waals surface area (Å²) in [5.74, 6) is -0.0679. The number of fused-ring (bicyclic) bond motifs is 1. The van der Waals surface area contributed by atoms with E-state index < -0.39 is 0 Å². The molecule has 1 aromatic rings. The van der Waals surface area contributed by atoms with E-state index in [2.05, 4.69) is 10.6 Å². The van der Waals surface area contributed by atoms with Crippen LogP contribution in [0.3, 0.4) is 0 Å². The van der Waals surface area contributed by atoms with Crippen molar-refractivity contribution in [3.63, 3.8) is 0 Å². The maximum atomic E-state index is 11.8. The monoisotopic (exact) mass is 205 g/mol. The lowest BCUT2D eigenvalue weighted by atomic mass is 10.1. The van der Waals surface area contributed by atoms with Crippen molar-refractivity contribution in [1.29, 1.82) is 0 Å². The van der Waals surface area contributed by atoms with Crippen LogP contribution in [0.4, 0.5) is 11.4 Å². The summed E-state index contributed by atoms with van der Waals surface area (Å²) in [6, 6.07) is 5.61. The van der Waals surface area contributed by atoms with Crippen molar-refractivity contribution in [2.45, 2.75) is 25.9 Å².